The molecule has 0 radical (unpaired) electrons. The molecule has 0 atom stereocenters. The Hall–Kier alpha value is -1.69. The molecule has 6 heteroatoms. The van der Waals surface area contributed by atoms with Gasteiger partial charge in [0.05, 0.1) is 5.56 Å². The van der Waals surface area contributed by atoms with Crippen molar-refractivity contribution in [3.63, 3.8) is 0 Å². The second-order valence-electron chi connectivity index (χ2n) is 4.21. The van der Waals surface area contributed by atoms with Crippen molar-refractivity contribution in [2.24, 2.45) is 0 Å². The molecule has 20 heavy (non-hydrogen) atoms. The molecule has 0 aromatic heterocycles. The first-order chi connectivity index (χ1) is 9.36. The van der Waals surface area contributed by atoms with E-state index in [1.807, 2.05) is 0 Å². The Morgan fingerprint density at radius 1 is 1.10 bits per heavy atom. The summed E-state index contributed by atoms with van der Waals surface area (Å²) in [5, 5.41) is 12.5. The third-order valence-electron chi connectivity index (χ3n) is 2.71. The maximum absolute atomic E-state index is 12.6. The summed E-state index contributed by atoms with van der Waals surface area (Å²) in [4.78, 5) is 0. The predicted molar refractivity (Wildman–Crippen MR) is 74.6 cm³/mol. The van der Waals surface area contributed by atoms with Crippen LogP contribution in [0.3, 0.4) is 0 Å². The minimum Gasteiger partial charge on any atom is -0.508 e. The number of rotatable bonds is 3. The van der Waals surface area contributed by atoms with Gasteiger partial charge in [-0.25, -0.2) is 0 Å². The lowest BCUT2D eigenvalue weighted by molar-refractivity contribution is -0.137. The Kier molecular flexibility index (Phi) is 4.23. The van der Waals surface area contributed by atoms with E-state index in [1.54, 1.807) is 18.2 Å². The van der Waals surface area contributed by atoms with Gasteiger partial charge in [0.1, 0.15) is 5.75 Å². The molecule has 0 fully saturated rings. The highest BCUT2D eigenvalue weighted by Crippen LogP contribution is 2.31. The topological polar surface area (TPSA) is 32.3 Å². The lowest BCUT2D eigenvalue weighted by Gasteiger charge is -2.11. The summed E-state index contributed by atoms with van der Waals surface area (Å²) in [7, 11) is 0. The zero-order valence-electron chi connectivity index (χ0n) is 10.2. The molecule has 2 N–H and O–H groups in total. The standard InChI is InChI=1S/C14H11BrF3NO/c15-11-4-5-13(20)9(6-11)8-19-12-3-1-2-10(7-12)14(16,17)18/h1-7,19-20H,8H2. The number of hydrogen-bond acceptors (Lipinski definition) is 2. The first kappa shape index (κ1) is 14.7. The molecule has 0 heterocycles. The van der Waals surface area contributed by atoms with Crippen molar-refractivity contribution < 1.29 is 18.3 Å². The normalized spacial score (nSPS) is 11.4. The van der Waals surface area contributed by atoms with Gasteiger partial charge in [-0.3, -0.25) is 0 Å². The van der Waals surface area contributed by atoms with Gasteiger partial charge in [-0.15, -0.1) is 0 Å². The molecule has 106 valence electrons. The molecule has 2 aromatic carbocycles. The number of alkyl halides is 3. The van der Waals surface area contributed by atoms with E-state index < -0.39 is 11.7 Å². The van der Waals surface area contributed by atoms with Crippen LogP contribution in [0.1, 0.15) is 11.1 Å². The summed E-state index contributed by atoms with van der Waals surface area (Å²) in [6, 6.07) is 9.85. The summed E-state index contributed by atoms with van der Waals surface area (Å²) in [6.45, 7) is 0.229. The van der Waals surface area contributed by atoms with Gasteiger partial charge in [0.15, 0.2) is 0 Å². The summed E-state index contributed by atoms with van der Waals surface area (Å²) in [6.07, 6.45) is -4.37. The lowest BCUT2D eigenvalue weighted by Crippen LogP contribution is -2.06. The SMILES string of the molecule is Oc1ccc(Br)cc1CNc1cccc(C(F)(F)F)c1. The van der Waals surface area contributed by atoms with Crippen LogP contribution in [0.4, 0.5) is 18.9 Å². The van der Waals surface area contributed by atoms with E-state index in [2.05, 4.69) is 21.2 Å². The van der Waals surface area contributed by atoms with Crippen molar-refractivity contribution in [2.45, 2.75) is 12.7 Å². The van der Waals surface area contributed by atoms with E-state index in [9.17, 15) is 18.3 Å². The van der Waals surface area contributed by atoms with Gasteiger partial charge in [-0.2, -0.15) is 13.2 Å². The van der Waals surface area contributed by atoms with Crippen molar-refractivity contribution in [1.82, 2.24) is 0 Å². The van der Waals surface area contributed by atoms with Crippen LogP contribution in [0.15, 0.2) is 46.9 Å². The van der Waals surface area contributed by atoms with Crippen LogP contribution in [0.5, 0.6) is 5.75 Å². The Labute approximate surface area is 122 Å². The maximum Gasteiger partial charge on any atom is 0.416 e. The lowest BCUT2D eigenvalue weighted by atomic mass is 10.1. The molecule has 2 aromatic rings. The minimum absolute atomic E-state index is 0.0904. The van der Waals surface area contributed by atoms with Gasteiger partial charge in [-0.1, -0.05) is 22.0 Å². The van der Waals surface area contributed by atoms with Crippen LogP contribution in [-0.2, 0) is 12.7 Å². The molecule has 0 unspecified atom stereocenters. The minimum atomic E-state index is -4.37. The molecule has 0 aliphatic carbocycles. The van der Waals surface area contributed by atoms with Gasteiger partial charge >= 0.3 is 6.18 Å². The van der Waals surface area contributed by atoms with Crippen molar-refractivity contribution >= 4 is 21.6 Å². The fourth-order valence-electron chi connectivity index (χ4n) is 1.70. The van der Waals surface area contributed by atoms with Crippen molar-refractivity contribution in [3.05, 3.63) is 58.1 Å². The van der Waals surface area contributed by atoms with Crippen LogP contribution >= 0.6 is 15.9 Å². The van der Waals surface area contributed by atoms with E-state index in [0.29, 0.717) is 11.3 Å². The fourth-order valence-corrected chi connectivity index (χ4v) is 2.11. The predicted octanol–water partition coefficient (Wildman–Crippen LogP) is 4.79. The van der Waals surface area contributed by atoms with Gasteiger partial charge in [-0.05, 0) is 36.4 Å². The van der Waals surface area contributed by atoms with Crippen LogP contribution in [-0.4, -0.2) is 5.11 Å². The maximum atomic E-state index is 12.6. The average molecular weight is 346 g/mol. The highest BCUT2D eigenvalue weighted by Gasteiger charge is 2.30. The fraction of sp³-hybridized carbons (Fsp3) is 0.143. The van der Waals surface area contributed by atoms with Gasteiger partial charge in [0.2, 0.25) is 0 Å². The van der Waals surface area contributed by atoms with E-state index in [-0.39, 0.29) is 12.3 Å². The van der Waals surface area contributed by atoms with Crippen LogP contribution in [0.2, 0.25) is 0 Å². The molecule has 0 saturated heterocycles. The summed E-state index contributed by atoms with van der Waals surface area (Å²) >= 11 is 3.27. The Morgan fingerprint density at radius 3 is 2.55 bits per heavy atom. The molecule has 2 rings (SSSR count). The number of halogens is 4. The van der Waals surface area contributed by atoms with E-state index in [1.165, 1.54) is 12.1 Å². The first-order valence-corrected chi connectivity index (χ1v) is 6.54. The van der Waals surface area contributed by atoms with Gasteiger partial charge < -0.3 is 10.4 Å². The smallest absolute Gasteiger partial charge is 0.416 e. The summed E-state index contributed by atoms with van der Waals surface area (Å²) < 4.78 is 38.5. The highest BCUT2D eigenvalue weighted by molar-refractivity contribution is 9.10. The Bertz CT molecular complexity index is 614. The molecule has 0 aliphatic heterocycles. The van der Waals surface area contributed by atoms with E-state index in [0.717, 1.165) is 16.6 Å². The van der Waals surface area contributed by atoms with E-state index in [4.69, 9.17) is 0 Å². The van der Waals surface area contributed by atoms with Crippen LogP contribution in [0, 0.1) is 0 Å². The Morgan fingerprint density at radius 2 is 1.85 bits per heavy atom. The number of aromatic hydroxyl groups is 1. The largest absolute Gasteiger partial charge is 0.508 e. The average Bonchev–Trinajstić information content (AvgIpc) is 2.39. The number of phenolic OH excluding ortho intramolecular Hbond substituents is 1. The summed E-state index contributed by atoms with van der Waals surface area (Å²) in [5.74, 6) is 0.0904. The van der Waals surface area contributed by atoms with E-state index >= 15 is 0 Å². The van der Waals surface area contributed by atoms with Crippen molar-refractivity contribution in [3.8, 4) is 5.75 Å². The number of nitrogens with one attached hydrogen (secondary N) is 1. The highest BCUT2D eigenvalue weighted by atomic mass is 79.9. The second kappa shape index (κ2) is 5.75. The number of phenols is 1. The summed E-state index contributed by atoms with van der Waals surface area (Å²) in [5.41, 5.74) is 0.233. The third-order valence-corrected chi connectivity index (χ3v) is 3.21. The molecule has 0 aliphatic rings. The number of anilines is 1. The molecule has 0 bridgehead atoms. The monoisotopic (exact) mass is 345 g/mol. The van der Waals surface area contributed by atoms with Gasteiger partial charge in [0.25, 0.3) is 0 Å². The zero-order valence-corrected chi connectivity index (χ0v) is 11.8. The van der Waals surface area contributed by atoms with Gasteiger partial charge in [0, 0.05) is 22.3 Å². The molecule has 0 saturated carbocycles. The second-order valence-corrected chi connectivity index (χ2v) is 5.12. The molecule has 0 amide bonds. The zero-order chi connectivity index (χ0) is 14.8. The molecule has 2 nitrogen and oxygen atoms in total. The quantitative estimate of drug-likeness (QED) is 0.838. The Balaban J connectivity index is 2.13. The first-order valence-electron chi connectivity index (χ1n) is 5.75. The number of benzene rings is 2. The van der Waals surface area contributed by atoms with Crippen LogP contribution < -0.4 is 5.32 Å². The third kappa shape index (κ3) is 3.66. The van der Waals surface area contributed by atoms with Crippen molar-refractivity contribution in [2.75, 3.05) is 5.32 Å². The molecular formula is C14H11BrF3NO. The molecule has 0 spiro atoms. The number of hydrogen-bond donors (Lipinski definition) is 2. The van der Waals surface area contributed by atoms with Crippen LogP contribution in [0.25, 0.3) is 0 Å². The van der Waals surface area contributed by atoms with Crippen molar-refractivity contribution in [1.29, 1.82) is 0 Å². The molecular weight excluding hydrogens is 335 g/mol.